The molecule has 7 nitrogen and oxygen atoms in total. The summed E-state index contributed by atoms with van der Waals surface area (Å²) in [6.07, 6.45) is 0. The van der Waals surface area contributed by atoms with Gasteiger partial charge in [0.1, 0.15) is 11.6 Å². The maximum Gasteiger partial charge on any atom is 0.349 e. The number of aliphatic hydroxyl groups excluding tert-OH is 1. The Bertz CT molecular complexity index is 971. The minimum absolute atomic E-state index is 0.00203. The minimum atomic E-state index is -0.621. The van der Waals surface area contributed by atoms with Gasteiger partial charge in [0.25, 0.3) is 0 Å². The average molecular weight is 376 g/mol. The van der Waals surface area contributed by atoms with Crippen molar-refractivity contribution < 1.29 is 13.9 Å². The van der Waals surface area contributed by atoms with Crippen LogP contribution < -0.4 is 10.9 Å². The molecule has 0 aliphatic carbocycles. The van der Waals surface area contributed by atoms with Gasteiger partial charge in [-0.3, -0.25) is 0 Å². The van der Waals surface area contributed by atoms with E-state index in [2.05, 4.69) is 26.2 Å². The smallest absolute Gasteiger partial charge is 0.349 e. The highest BCUT2D eigenvalue weighted by Gasteiger charge is 2.18. The third-order valence-corrected chi connectivity index (χ3v) is 3.70. The van der Waals surface area contributed by atoms with Gasteiger partial charge in [-0.2, -0.15) is 10.2 Å². The first-order valence-corrected chi connectivity index (χ1v) is 7.41. The number of anilines is 1. The molecule has 3 aromatic rings. The molecule has 0 fully saturated rings. The Labute approximate surface area is 138 Å². The fraction of sp³-hybridized carbons (Fsp3) is 0.133. The lowest BCUT2D eigenvalue weighted by atomic mass is 10.2. The van der Waals surface area contributed by atoms with Gasteiger partial charge in [-0.25, -0.2) is 4.79 Å². The van der Waals surface area contributed by atoms with Crippen LogP contribution in [0, 0.1) is 11.3 Å². The van der Waals surface area contributed by atoms with Crippen LogP contribution in [0.25, 0.3) is 22.4 Å². The number of halogens is 1. The summed E-state index contributed by atoms with van der Waals surface area (Å²) in [7, 11) is 0. The molecule has 1 aromatic carbocycles. The van der Waals surface area contributed by atoms with Gasteiger partial charge in [-0.15, -0.1) is 0 Å². The van der Waals surface area contributed by atoms with E-state index in [0.717, 1.165) is 0 Å². The Balaban J connectivity index is 2.14. The van der Waals surface area contributed by atoms with Gasteiger partial charge in [0.2, 0.25) is 17.5 Å². The molecule has 0 spiro atoms. The average Bonchev–Trinajstić information content (AvgIpc) is 2.96. The van der Waals surface area contributed by atoms with Crippen LogP contribution >= 0.6 is 15.9 Å². The van der Waals surface area contributed by atoms with Crippen molar-refractivity contribution in [1.29, 1.82) is 5.26 Å². The molecule has 2 heterocycles. The Morgan fingerprint density at radius 2 is 2.22 bits per heavy atom. The second kappa shape index (κ2) is 6.24. The van der Waals surface area contributed by atoms with E-state index in [0.29, 0.717) is 15.4 Å². The molecule has 0 bridgehead atoms. The number of rotatable bonds is 4. The zero-order chi connectivity index (χ0) is 16.4. The molecule has 2 N–H and O–H groups in total. The van der Waals surface area contributed by atoms with Gasteiger partial charge in [0, 0.05) is 11.9 Å². The Hall–Kier alpha value is -2.63. The highest BCUT2D eigenvalue weighted by molar-refractivity contribution is 9.10. The number of aliphatic hydroxyl groups is 1. The first-order valence-electron chi connectivity index (χ1n) is 6.62. The van der Waals surface area contributed by atoms with Crippen LogP contribution in [0.3, 0.4) is 0 Å². The van der Waals surface area contributed by atoms with Crippen molar-refractivity contribution in [2.75, 3.05) is 18.5 Å². The summed E-state index contributed by atoms with van der Waals surface area (Å²) in [5.41, 5.74) is -0.0814. The molecule has 0 saturated heterocycles. The maximum atomic E-state index is 12.2. The molecule has 3 rings (SSSR count). The molecule has 0 aliphatic heterocycles. The first kappa shape index (κ1) is 15.3. The van der Waals surface area contributed by atoms with Crippen molar-refractivity contribution in [2.45, 2.75) is 0 Å². The number of oxazole rings is 1. The number of hydrogen-bond acceptors (Lipinski definition) is 7. The van der Waals surface area contributed by atoms with Crippen molar-refractivity contribution in [2.24, 2.45) is 0 Å². The van der Waals surface area contributed by atoms with Crippen molar-refractivity contribution in [3.8, 4) is 17.5 Å². The molecule has 8 heteroatoms. The lowest BCUT2D eigenvalue weighted by Gasteiger charge is -2.01. The molecule has 116 valence electrons. The highest BCUT2D eigenvalue weighted by atomic mass is 79.9. The summed E-state index contributed by atoms with van der Waals surface area (Å²) in [6.45, 7) is 0.0651. The van der Waals surface area contributed by atoms with Crippen LogP contribution in [0.4, 0.5) is 5.88 Å². The second-order valence-corrected chi connectivity index (χ2v) is 5.42. The standard InChI is InChI=1S/C15H10BrN3O4/c16-10-3-1-2-8-6-9(15(21)22-12(8)10)13-19-11(7-17)14(23-13)18-4-5-20/h1-3,6,18,20H,4-5H2. The summed E-state index contributed by atoms with van der Waals surface area (Å²) < 4.78 is 11.4. The number of fused-ring (bicyclic) bond motifs is 1. The van der Waals surface area contributed by atoms with E-state index in [1.54, 1.807) is 24.3 Å². The number of nitriles is 1. The van der Waals surface area contributed by atoms with E-state index in [9.17, 15) is 4.79 Å². The molecule has 0 aliphatic rings. The Morgan fingerprint density at radius 1 is 1.39 bits per heavy atom. The van der Waals surface area contributed by atoms with Crippen LogP contribution in [0.15, 0.2) is 42.4 Å². The molecule has 2 aromatic heterocycles. The van der Waals surface area contributed by atoms with Crippen molar-refractivity contribution in [3.05, 3.63) is 44.9 Å². The summed E-state index contributed by atoms with van der Waals surface area (Å²) >= 11 is 3.32. The van der Waals surface area contributed by atoms with Crippen LogP contribution in [-0.2, 0) is 0 Å². The zero-order valence-electron chi connectivity index (χ0n) is 11.7. The normalized spacial score (nSPS) is 10.7. The largest absolute Gasteiger partial charge is 0.421 e. The summed E-state index contributed by atoms with van der Waals surface area (Å²) in [4.78, 5) is 16.2. The van der Waals surface area contributed by atoms with E-state index >= 15 is 0 Å². The minimum Gasteiger partial charge on any atom is -0.421 e. The molecular weight excluding hydrogens is 366 g/mol. The van der Waals surface area contributed by atoms with Gasteiger partial charge in [-0.05, 0) is 28.1 Å². The third-order valence-electron chi connectivity index (χ3n) is 3.07. The highest BCUT2D eigenvalue weighted by Crippen LogP contribution is 2.28. The van der Waals surface area contributed by atoms with Gasteiger partial charge in [0.15, 0.2) is 5.58 Å². The SMILES string of the molecule is N#Cc1nc(-c2cc3cccc(Br)c3oc2=O)oc1NCCO. The molecule has 0 saturated carbocycles. The van der Waals surface area contributed by atoms with Crippen LogP contribution in [0.1, 0.15) is 5.69 Å². The summed E-state index contributed by atoms with van der Waals surface area (Å²) in [6, 6.07) is 8.82. The second-order valence-electron chi connectivity index (χ2n) is 4.56. The van der Waals surface area contributed by atoms with Crippen LogP contribution in [0.5, 0.6) is 0 Å². The van der Waals surface area contributed by atoms with Gasteiger partial charge in [-0.1, -0.05) is 12.1 Å². The van der Waals surface area contributed by atoms with E-state index in [1.807, 2.05) is 6.07 Å². The quantitative estimate of drug-likeness (QED) is 0.673. The van der Waals surface area contributed by atoms with Crippen LogP contribution in [0.2, 0.25) is 0 Å². The van der Waals surface area contributed by atoms with Crippen molar-refractivity contribution in [3.63, 3.8) is 0 Å². The number of para-hydroxylation sites is 1. The predicted molar refractivity (Wildman–Crippen MR) is 86.0 cm³/mol. The van der Waals surface area contributed by atoms with Crippen molar-refractivity contribution in [1.82, 2.24) is 4.98 Å². The fourth-order valence-electron chi connectivity index (χ4n) is 2.06. The third kappa shape index (κ3) is 2.84. The predicted octanol–water partition coefficient (Wildman–Crippen LogP) is 2.49. The van der Waals surface area contributed by atoms with Crippen LogP contribution in [-0.4, -0.2) is 23.2 Å². The molecule has 0 amide bonds. The number of nitrogens with zero attached hydrogens (tertiary/aromatic N) is 2. The topological polar surface area (TPSA) is 112 Å². The number of hydrogen-bond donors (Lipinski definition) is 2. The van der Waals surface area contributed by atoms with E-state index < -0.39 is 5.63 Å². The number of nitrogens with one attached hydrogen (secondary N) is 1. The van der Waals surface area contributed by atoms with Crippen molar-refractivity contribution >= 4 is 32.8 Å². The van der Waals surface area contributed by atoms with Gasteiger partial charge < -0.3 is 19.3 Å². The molecule has 23 heavy (non-hydrogen) atoms. The Morgan fingerprint density at radius 3 is 2.96 bits per heavy atom. The number of aromatic nitrogens is 1. The molecule has 0 unspecified atom stereocenters. The monoisotopic (exact) mass is 375 g/mol. The number of benzene rings is 1. The fourth-order valence-corrected chi connectivity index (χ4v) is 2.52. The molecule has 0 radical (unpaired) electrons. The summed E-state index contributed by atoms with van der Waals surface area (Å²) in [5.74, 6) is 0.0860. The lowest BCUT2D eigenvalue weighted by molar-refractivity contribution is 0.310. The Kier molecular flexibility index (Phi) is 4.14. The summed E-state index contributed by atoms with van der Waals surface area (Å²) in [5, 5.41) is 21.3. The van der Waals surface area contributed by atoms with Gasteiger partial charge in [0.05, 0.1) is 11.1 Å². The maximum absolute atomic E-state index is 12.2. The van der Waals surface area contributed by atoms with E-state index in [-0.39, 0.29) is 36.2 Å². The first-order chi connectivity index (χ1) is 11.1. The zero-order valence-corrected chi connectivity index (χ0v) is 13.3. The van der Waals surface area contributed by atoms with Gasteiger partial charge >= 0.3 is 5.63 Å². The lowest BCUT2D eigenvalue weighted by Crippen LogP contribution is -2.05. The van der Waals surface area contributed by atoms with E-state index in [4.69, 9.17) is 19.2 Å². The van der Waals surface area contributed by atoms with E-state index in [1.165, 1.54) is 0 Å². The molecule has 0 atom stereocenters. The molecular formula is C15H10BrN3O4.